The van der Waals surface area contributed by atoms with Gasteiger partial charge in [0.2, 0.25) is 5.91 Å². The Morgan fingerprint density at radius 2 is 1.00 bits per heavy atom. The molecular weight excluding hydrogens is 851 g/mol. The van der Waals surface area contributed by atoms with Crippen LogP contribution in [-0.2, 0) is 28.9 Å². The first-order valence-electron chi connectivity index (χ1n) is 26.7. The molecule has 8 atom stereocenters. The Labute approximate surface area is 396 Å². The molecule has 7 N–H and O–H groups in total. The van der Waals surface area contributed by atoms with Crippen LogP contribution in [0.4, 0.5) is 0 Å². The van der Waals surface area contributed by atoms with Gasteiger partial charge in [-0.1, -0.05) is 238 Å². The number of allylic oxidation sites excluding steroid dienone is 1. The van der Waals surface area contributed by atoms with Crippen molar-refractivity contribution < 1.29 is 57.0 Å². The molecule has 1 heterocycles. The van der Waals surface area contributed by atoms with Crippen molar-refractivity contribution in [2.45, 2.75) is 294 Å². The number of aliphatic hydroxyl groups excluding tert-OH is 5. The average molecular weight is 950 g/mol. The van der Waals surface area contributed by atoms with Crippen molar-refractivity contribution in [3.05, 3.63) is 12.2 Å². The lowest BCUT2D eigenvalue weighted by Gasteiger charge is -2.41. The van der Waals surface area contributed by atoms with Gasteiger partial charge in [-0.25, -0.2) is 4.18 Å². The largest absolute Gasteiger partial charge is 0.397 e. The summed E-state index contributed by atoms with van der Waals surface area (Å²) in [6, 6.07) is -1.12. The van der Waals surface area contributed by atoms with Crippen LogP contribution in [0.3, 0.4) is 0 Å². The number of hydrogen-bond acceptors (Lipinski definition) is 11. The van der Waals surface area contributed by atoms with Crippen molar-refractivity contribution in [3.8, 4) is 0 Å². The van der Waals surface area contributed by atoms with E-state index in [4.69, 9.17) is 9.47 Å². The number of aliphatic hydroxyl groups is 5. The lowest BCUT2D eigenvalue weighted by atomic mass is 9.99. The van der Waals surface area contributed by atoms with Gasteiger partial charge in [0, 0.05) is 0 Å². The van der Waals surface area contributed by atoms with E-state index in [1.165, 1.54) is 173 Å². The number of hydrogen-bond donors (Lipinski definition) is 7. The molecule has 0 radical (unpaired) electrons. The Hall–Kier alpha value is -1.20. The summed E-state index contributed by atoms with van der Waals surface area (Å²) < 4.78 is 47.7. The molecule has 0 spiro atoms. The third kappa shape index (κ3) is 33.9. The maximum atomic E-state index is 13.2. The lowest BCUT2D eigenvalue weighted by molar-refractivity contribution is -0.298. The van der Waals surface area contributed by atoms with Crippen molar-refractivity contribution in [1.82, 2.24) is 5.32 Å². The summed E-state index contributed by atoms with van der Waals surface area (Å²) in [6.07, 6.45) is 35.7. The smallest absolute Gasteiger partial charge is 0.394 e. The van der Waals surface area contributed by atoms with E-state index < -0.39 is 78.5 Å². The molecule has 386 valence electrons. The Morgan fingerprint density at radius 1 is 0.615 bits per heavy atom. The Balaban J connectivity index is 2.49. The molecule has 0 bridgehead atoms. The summed E-state index contributed by atoms with van der Waals surface area (Å²) in [7, 11) is -5.12. The molecule has 1 aliphatic heterocycles. The van der Waals surface area contributed by atoms with Crippen LogP contribution in [0.2, 0.25) is 0 Å². The molecule has 8 unspecified atom stereocenters. The van der Waals surface area contributed by atoms with Gasteiger partial charge in [-0.05, 0) is 19.3 Å². The van der Waals surface area contributed by atoms with E-state index in [0.717, 1.165) is 38.5 Å². The maximum Gasteiger partial charge on any atom is 0.397 e. The van der Waals surface area contributed by atoms with Crippen molar-refractivity contribution in [1.29, 1.82) is 0 Å². The Kier molecular flexibility index (Phi) is 39.7. The van der Waals surface area contributed by atoms with E-state index in [0.29, 0.717) is 12.8 Å². The van der Waals surface area contributed by atoms with Gasteiger partial charge in [0.15, 0.2) is 6.29 Å². The summed E-state index contributed by atoms with van der Waals surface area (Å²) in [5, 5.41) is 55.4. The zero-order valence-electron chi connectivity index (χ0n) is 41.2. The summed E-state index contributed by atoms with van der Waals surface area (Å²) in [5.74, 6) is -0.697. The van der Waals surface area contributed by atoms with Crippen LogP contribution in [0.5, 0.6) is 0 Å². The molecule has 1 saturated heterocycles. The summed E-state index contributed by atoms with van der Waals surface area (Å²) in [4.78, 5) is 13.2. The first-order chi connectivity index (χ1) is 31.4. The fourth-order valence-electron chi connectivity index (χ4n) is 8.70. The number of amides is 1. The monoisotopic (exact) mass is 950 g/mol. The summed E-state index contributed by atoms with van der Waals surface area (Å²) >= 11 is 0. The molecule has 0 saturated carbocycles. The molecule has 1 fully saturated rings. The van der Waals surface area contributed by atoms with Crippen LogP contribution < -0.4 is 5.32 Å². The molecular formula is C51H99NO12S. The van der Waals surface area contributed by atoms with E-state index in [1.807, 2.05) is 6.08 Å². The van der Waals surface area contributed by atoms with Crippen molar-refractivity contribution in [2.75, 3.05) is 13.2 Å². The SMILES string of the molecule is CCCCCCCCCCCCCCCCCCCC/C=C/C(O)C(COC1OC(CO)C(O)C(OS(=O)(=O)O)C1O)NC(=O)C(O)CCCCCCCCCCCCCCCCCC. The second-order valence-corrected chi connectivity index (χ2v) is 20.0. The Bertz CT molecular complexity index is 1230. The fourth-order valence-corrected chi connectivity index (χ4v) is 9.21. The fraction of sp³-hybridized carbons (Fsp3) is 0.941. The van der Waals surface area contributed by atoms with Crippen LogP contribution in [0, 0.1) is 0 Å². The van der Waals surface area contributed by atoms with Crippen LogP contribution in [-0.4, -0.2) is 107 Å². The molecule has 14 heteroatoms. The minimum absolute atomic E-state index is 0.248. The molecule has 0 aromatic carbocycles. The first kappa shape index (κ1) is 61.8. The van der Waals surface area contributed by atoms with E-state index in [1.54, 1.807) is 6.08 Å². The van der Waals surface area contributed by atoms with Gasteiger partial charge >= 0.3 is 10.4 Å². The van der Waals surface area contributed by atoms with E-state index >= 15 is 0 Å². The number of carbonyl (C=O) groups is 1. The molecule has 0 aliphatic carbocycles. The third-order valence-electron chi connectivity index (χ3n) is 12.9. The number of ether oxygens (including phenoxy) is 2. The number of rotatable bonds is 46. The average Bonchev–Trinajstić information content (AvgIpc) is 3.28. The molecule has 0 aromatic rings. The van der Waals surface area contributed by atoms with Gasteiger partial charge in [-0.2, -0.15) is 8.42 Å². The van der Waals surface area contributed by atoms with Crippen molar-refractivity contribution in [2.24, 2.45) is 0 Å². The summed E-state index contributed by atoms with van der Waals surface area (Å²) in [5.41, 5.74) is 0. The molecule has 13 nitrogen and oxygen atoms in total. The normalized spacial score (nSPS) is 20.6. The van der Waals surface area contributed by atoms with Gasteiger partial charge in [-0.3, -0.25) is 9.35 Å². The van der Waals surface area contributed by atoms with Gasteiger partial charge in [0.25, 0.3) is 0 Å². The molecule has 65 heavy (non-hydrogen) atoms. The quantitative estimate of drug-likeness (QED) is 0.0173. The molecule has 1 aliphatic rings. The van der Waals surface area contributed by atoms with Crippen LogP contribution >= 0.6 is 0 Å². The second kappa shape index (κ2) is 41.7. The summed E-state index contributed by atoms with van der Waals surface area (Å²) in [6.45, 7) is 3.26. The van der Waals surface area contributed by atoms with E-state index in [9.17, 15) is 43.3 Å². The van der Waals surface area contributed by atoms with Crippen molar-refractivity contribution >= 4 is 16.3 Å². The zero-order valence-corrected chi connectivity index (χ0v) is 42.0. The highest BCUT2D eigenvalue weighted by Gasteiger charge is 2.48. The minimum Gasteiger partial charge on any atom is -0.394 e. The number of carbonyl (C=O) groups excluding carboxylic acids is 1. The van der Waals surface area contributed by atoms with Crippen LogP contribution in [0.15, 0.2) is 12.2 Å². The highest BCUT2D eigenvalue weighted by Crippen LogP contribution is 2.26. The van der Waals surface area contributed by atoms with E-state index in [2.05, 4.69) is 23.3 Å². The standard InChI is InChI=1S/C51H99NO12S/c1-3-5-7-9-11-13-15-17-19-21-22-23-24-26-27-29-31-33-35-37-39-44(54)43(42-62-51-48(57)49(64-65(59,60)61)47(56)46(41-53)63-51)52-50(58)45(55)40-38-36-34-32-30-28-25-20-18-16-14-12-10-8-6-4-2/h37,39,43-49,51,53-57H,3-36,38,40-42H2,1-2H3,(H,52,58)(H,59,60,61)/b39-37+. The number of nitrogens with one attached hydrogen (secondary N) is 1. The molecule has 1 rings (SSSR count). The van der Waals surface area contributed by atoms with E-state index in [-0.39, 0.29) is 6.42 Å². The minimum atomic E-state index is -5.12. The van der Waals surface area contributed by atoms with Gasteiger partial charge in [0.1, 0.15) is 30.5 Å². The molecule has 0 aromatic heterocycles. The van der Waals surface area contributed by atoms with Crippen LogP contribution in [0.1, 0.15) is 245 Å². The third-order valence-corrected chi connectivity index (χ3v) is 13.4. The van der Waals surface area contributed by atoms with Gasteiger partial charge < -0.3 is 40.3 Å². The highest BCUT2D eigenvalue weighted by atomic mass is 32.3. The van der Waals surface area contributed by atoms with Crippen LogP contribution in [0.25, 0.3) is 0 Å². The van der Waals surface area contributed by atoms with Gasteiger partial charge in [0.05, 0.1) is 25.4 Å². The maximum absolute atomic E-state index is 13.2. The molecule has 1 amide bonds. The lowest BCUT2D eigenvalue weighted by Crippen LogP contribution is -2.61. The Morgan fingerprint density at radius 3 is 1.38 bits per heavy atom. The van der Waals surface area contributed by atoms with Gasteiger partial charge in [-0.15, -0.1) is 0 Å². The predicted octanol–water partition coefficient (Wildman–Crippen LogP) is 10.5. The second-order valence-electron chi connectivity index (χ2n) is 19.0. The topological polar surface area (TPSA) is 212 Å². The zero-order chi connectivity index (χ0) is 47.8. The predicted molar refractivity (Wildman–Crippen MR) is 261 cm³/mol. The first-order valence-corrected chi connectivity index (χ1v) is 28.0. The van der Waals surface area contributed by atoms with Crippen molar-refractivity contribution in [3.63, 3.8) is 0 Å². The highest BCUT2D eigenvalue weighted by molar-refractivity contribution is 7.80. The number of unbranched alkanes of at least 4 members (excludes halogenated alkanes) is 33.